The normalized spacial score (nSPS) is 17.4. The predicted octanol–water partition coefficient (Wildman–Crippen LogP) is 3.84. The van der Waals surface area contributed by atoms with E-state index in [1.807, 2.05) is 47.2 Å². The maximum absolute atomic E-state index is 5.75. The number of morpholine rings is 1. The third-order valence-electron chi connectivity index (χ3n) is 7.18. The molecule has 0 saturated carbocycles. The van der Waals surface area contributed by atoms with Crippen molar-refractivity contribution in [2.45, 2.75) is 18.9 Å². The van der Waals surface area contributed by atoms with Gasteiger partial charge < -0.3 is 19.7 Å². The zero-order valence-electron chi connectivity index (χ0n) is 20.5. The Bertz CT molecular complexity index is 1310. The fraction of sp³-hybridized carbons (Fsp3) is 0.370. The first-order chi connectivity index (χ1) is 17.8. The smallest absolute Gasteiger partial charge is 0.245 e. The Hall–Kier alpha value is -3.69. The van der Waals surface area contributed by atoms with Crippen LogP contribution in [0, 0.1) is 0 Å². The van der Waals surface area contributed by atoms with Crippen molar-refractivity contribution in [1.29, 1.82) is 0 Å². The van der Waals surface area contributed by atoms with Gasteiger partial charge in [-0.1, -0.05) is 0 Å². The zero-order valence-corrected chi connectivity index (χ0v) is 20.5. The van der Waals surface area contributed by atoms with Crippen LogP contribution in [0.2, 0.25) is 0 Å². The van der Waals surface area contributed by atoms with E-state index in [0.717, 1.165) is 67.6 Å². The number of piperidine rings is 1. The third-order valence-corrected chi connectivity index (χ3v) is 7.18. The monoisotopic (exact) mass is 485 g/mol. The van der Waals surface area contributed by atoms with E-state index < -0.39 is 0 Å². The van der Waals surface area contributed by atoms with E-state index in [9.17, 15) is 0 Å². The summed E-state index contributed by atoms with van der Waals surface area (Å²) >= 11 is 0. The van der Waals surface area contributed by atoms with E-state index in [2.05, 4.69) is 37.2 Å². The quantitative estimate of drug-likeness (QED) is 0.441. The van der Waals surface area contributed by atoms with Gasteiger partial charge in [-0.25, -0.2) is 9.50 Å². The van der Waals surface area contributed by atoms with Crippen molar-refractivity contribution in [3.05, 3.63) is 61.1 Å². The van der Waals surface area contributed by atoms with Crippen LogP contribution in [0.5, 0.6) is 5.75 Å². The van der Waals surface area contributed by atoms with Crippen LogP contribution in [0.3, 0.4) is 0 Å². The number of methoxy groups -OCH3 is 1. The number of nitrogens with one attached hydrogen (secondary N) is 1. The molecule has 0 aliphatic carbocycles. The zero-order chi connectivity index (χ0) is 24.3. The SMILES string of the molecule is COc1cc(N2CCC(N3CCOCC3)CC2)ccc1Nc1ncc2ccc(-c3cccnc3)n2n1. The average molecular weight is 486 g/mol. The van der Waals surface area contributed by atoms with Gasteiger partial charge in [0.2, 0.25) is 5.95 Å². The van der Waals surface area contributed by atoms with E-state index >= 15 is 0 Å². The number of hydrogen-bond donors (Lipinski definition) is 1. The Morgan fingerprint density at radius 3 is 2.64 bits per heavy atom. The summed E-state index contributed by atoms with van der Waals surface area (Å²) in [5, 5.41) is 8.08. The van der Waals surface area contributed by atoms with Crippen molar-refractivity contribution in [3.63, 3.8) is 0 Å². The van der Waals surface area contributed by atoms with Gasteiger partial charge in [0.25, 0.3) is 0 Å². The average Bonchev–Trinajstić information content (AvgIpc) is 3.38. The summed E-state index contributed by atoms with van der Waals surface area (Å²) in [7, 11) is 1.70. The second-order valence-electron chi connectivity index (χ2n) is 9.25. The maximum Gasteiger partial charge on any atom is 0.245 e. The molecule has 0 bridgehead atoms. The molecule has 2 aliphatic rings. The van der Waals surface area contributed by atoms with Gasteiger partial charge in [-0.2, -0.15) is 0 Å². The number of fused-ring (bicyclic) bond motifs is 1. The van der Waals surface area contributed by atoms with Gasteiger partial charge in [0.15, 0.2) is 0 Å². The van der Waals surface area contributed by atoms with Crippen molar-refractivity contribution < 1.29 is 9.47 Å². The van der Waals surface area contributed by atoms with Crippen molar-refractivity contribution in [2.24, 2.45) is 0 Å². The van der Waals surface area contributed by atoms with Gasteiger partial charge >= 0.3 is 0 Å². The van der Waals surface area contributed by atoms with Gasteiger partial charge in [-0.15, -0.1) is 5.10 Å². The lowest BCUT2D eigenvalue weighted by atomic mass is 10.0. The van der Waals surface area contributed by atoms with Crippen molar-refractivity contribution in [1.82, 2.24) is 24.5 Å². The van der Waals surface area contributed by atoms with Crippen LogP contribution in [0.4, 0.5) is 17.3 Å². The largest absolute Gasteiger partial charge is 0.494 e. The van der Waals surface area contributed by atoms with Crippen molar-refractivity contribution >= 4 is 22.8 Å². The van der Waals surface area contributed by atoms with Gasteiger partial charge in [-0.3, -0.25) is 9.88 Å². The summed E-state index contributed by atoms with van der Waals surface area (Å²) in [6, 6.07) is 14.9. The summed E-state index contributed by atoms with van der Waals surface area (Å²) in [6.07, 6.45) is 7.76. The van der Waals surface area contributed by atoms with E-state index in [1.54, 1.807) is 13.3 Å². The summed E-state index contributed by atoms with van der Waals surface area (Å²) in [5.74, 6) is 1.27. The minimum absolute atomic E-state index is 0.501. The molecule has 5 heterocycles. The Kier molecular flexibility index (Phi) is 6.40. The number of hydrogen-bond acceptors (Lipinski definition) is 8. The highest BCUT2D eigenvalue weighted by Gasteiger charge is 2.26. The fourth-order valence-corrected chi connectivity index (χ4v) is 5.22. The number of ether oxygens (including phenoxy) is 2. The molecular formula is C27H31N7O2. The third kappa shape index (κ3) is 4.59. The number of benzene rings is 1. The van der Waals surface area contributed by atoms with Crippen LogP contribution in [-0.2, 0) is 4.74 Å². The van der Waals surface area contributed by atoms with Gasteiger partial charge in [0.1, 0.15) is 5.75 Å². The van der Waals surface area contributed by atoms with Crippen LogP contribution < -0.4 is 15.0 Å². The van der Waals surface area contributed by atoms with E-state index in [4.69, 9.17) is 14.6 Å². The molecule has 0 radical (unpaired) electrons. The van der Waals surface area contributed by atoms with Crippen LogP contribution in [-0.4, -0.2) is 77.0 Å². The highest BCUT2D eigenvalue weighted by atomic mass is 16.5. The lowest BCUT2D eigenvalue weighted by Crippen LogP contribution is -2.49. The first kappa shape index (κ1) is 22.8. The molecule has 2 aliphatic heterocycles. The summed E-state index contributed by atoms with van der Waals surface area (Å²) < 4.78 is 13.1. The fourth-order valence-electron chi connectivity index (χ4n) is 5.22. The number of rotatable bonds is 6. The lowest BCUT2D eigenvalue weighted by Gasteiger charge is -2.40. The Morgan fingerprint density at radius 1 is 1.00 bits per heavy atom. The second-order valence-corrected chi connectivity index (χ2v) is 9.25. The lowest BCUT2D eigenvalue weighted by molar-refractivity contribution is 0.0115. The minimum Gasteiger partial charge on any atom is -0.494 e. The molecule has 1 N–H and O–H groups in total. The molecule has 2 saturated heterocycles. The standard InChI is InChI=1S/C27H31N7O2/c1-35-26-17-22(32-11-8-21(9-12-32)33-13-15-36-16-14-33)4-6-24(26)30-27-29-19-23-5-7-25(34(23)31-27)20-3-2-10-28-18-20/h2-7,10,17-19,21H,8-9,11-16H2,1H3,(H,30,31). The highest BCUT2D eigenvalue weighted by molar-refractivity contribution is 5.69. The molecule has 1 aromatic carbocycles. The molecule has 6 rings (SSSR count). The van der Waals surface area contributed by atoms with E-state index in [0.29, 0.717) is 12.0 Å². The van der Waals surface area contributed by atoms with Crippen LogP contribution >= 0.6 is 0 Å². The minimum atomic E-state index is 0.501. The number of pyridine rings is 1. The molecule has 2 fully saturated rings. The summed E-state index contributed by atoms with van der Waals surface area (Å²) in [4.78, 5) is 13.8. The molecule has 9 heteroatoms. The Labute approximate surface area is 210 Å². The first-order valence-corrected chi connectivity index (χ1v) is 12.6. The van der Waals surface area contributed by atoms with Crippen LogP contribution in [0.1, 0.15) is 12.8 Å². The molecule has 3 aromatic heterocycles. The Balaban J connectivity index is 1.18. The Morgan fingerprint density at radius 2 is 1.86 bits per heavy atom. The second kappa shape index (κ2) is 10.1. The van der Waals surface area contributed by atoms with Crippen LogP contribution in [0.15, 0.2) is 61.1 Å². The topological polar surface area (TPSA) is 80.0 Å². The summed E-state index contributed by atoms with van der Waals surface area (Å²) in [5.41, 5.74) is 4.90. The van der Waals surface area contributed by atoms with Crippen LogP contribution in [0.25, 0.3) is 16.8 Å². The molecule has 0 atom stereocenters. The van der Waals surface area contributed by atoms with Crippen molar-refractivity contribution in [3.8, 4) is 17.0 Å². The van der Waals surface area contributed by atoms with E-state index in [-0.39, 0.29) is 0 Å². The maximum atomic E-state index is 5.75. The molecule has 4 aromatic rings. The predicted molar refractivity (Wildman–Crippen MR) is 140 cm³/mol. The highest BCUT2D eigenvalue weighted by Crippen LogP contribution is 2.33. The first-order valence-electron chi connectivity index (χ1n) is 12.6. The molecule has 0 unspecified atom stereocenters. The van der Waals surface area contributed by atoms with Crippen molar-refractivity contribution in [2.75, 3.05) is 56.7 Å². The summed E-state index contributed by atoms with van der Waals surface area (Å²) in [6.45, 7) is 5.92. The van der Waals surface area contributed by atoms with E-state index in [1.165, 1.54) is 18.5 Å². The molecule has 0 amide bonds. The molecule has 36 heavy (non-hydrogen) atoms. The molecular weight excluding hydrogens is 454 g/mol. The van der Waals surface area contributed by atoms with Gasteiger partial charge in [-0.05, 0) is 49.2 Å². The number of anilines is 3. The number of aromatic nitrogens is 4. The molecule has 186 valence electrons. The van der Waals surface area contributed by atoms with Gasteiger partial charge in [0, 0.05) is 61.9 Å². The van der Waals surface area contributed by atoms with Gasteiger partial charge in [0.05, 0.1) is 43.4 Å². The number of nitrogens with zero attached hydrogens (tertiary/aromatic N) is 6. The molecule has 9 nitrogen and oxygen atoms in total. The molecule has 0 spiro atoms.